The van der Waals surface area contributed by atoms with E-state index in [2.05, 4.69) is 5.32 Å². The quantitative estimate of drug-likeness (QED) is 0.631. The molecule has 1 atom stereocenters. The Morgan fingerprint density at radius 3 is 2.53 bits per heavy atom. The van der Waals surface area contributed by atoms with Crippen LogP contribution in [0, 0.1) is 6.92 Å². The molecular weight excluding hydrogens is 412 g/mol. The van der Waals surface area contributed by atoms with Crippen LogP contribution >= 0.6 is 0 Å². The van der Waals surface area contributed by atoms with Gasteiger partial charge < -0.3 is 24.3 Å². The molecule has 8 nitrogen and oxygen atoms in total. The molecule has 0 spiro atoms. The number of urea groups is 1. The Kier molecular flexibility index (Phi) is 7.25. The van der Waals surface area contributed by atoms with Crippen molar-refractivity contribution in [2.24, 2.45) is 0 Å². The van der Waals surface area contributed by atoms with Crippen LogP contribution in [0.3, 0.4) is 0 Å². The largest absolute Gasteiger partial charge is 0.497 e. The fourth-order valence-corrected chi connectivity index (χ4v) is 3.54. The van der Waals surface area contributed by atoms with Crippen molar-refractivity contribution in [2.75, 3.05) is 34.5 Å². The molecule has 0 aliphatic carbocycles. The summed E-state index contributed by atoms with van der Waals surface area (Å²) >= 11 is 0. The fraction of sp³-hybridized carbons (Fsp3) is 0.333. The fourth-order valence-electron chi connectivity index (χ4n) is 3.54. The monoisotopic (exact) mass is 440 g/mol. The molecule has 8 heteroatoms. The number of hydrogen-bond donors (Lipinski definition) is 1. The molecule has 1 heterocycles. The third-order valence-corrected chi connectivity index (χ3v) is 5.19. The van der Waals surface area contributed by atoms with Crippen molar-refractivity contribution < 1.29 is 28.5 Å². The van der Waals surface area contributed by atoms with Gasteiger partial charge in [0, 0.05) is 12.6 Å². The highest BCUT2D eigenvalue weighted by Gasteiger charge is 2.38. The minimum absolute atomic E-state index is 0.00427. The third kappa shape index (κ3) is 4.80. The number of amides is 2. The topological polar surface area (TPSA) is 86.3 Å². The number of carbonyl (C=O) groups is 2. The van der Waals surface area contributed by atoms with Gasteiger partial charge in [-0.2, -0.15) is 0 Å². The number of benzene rings is 2. The van der Waals surface area contributed by atoms with Crippen LogP contribution in [0.2, 0.25) is 0 Å². The predicted octanol–water partition coefficient (Wildman–Crippen LogP) is 3.60. The average molecular weight is 440 g/mol. The summed E-state index contributed by atoms with van der Waals surface area (Å²) in [6.45, 7) is 3.88. The van der Waals surface area contributed by atoms with Crippen LogP contribution in [0.4, 0.5) is 4.79 Å². The van der Waals surface area contributed by atoms with Crippen molar-refractivity contribution in [3.05, 3.63) is 64.9 Å². The first-order valence-electron chi connectivity index (χ1n) is 10.2. The number of methoxy groups -OCH3 is 2. The van der Waals surface area contributed by atoms with Gasteiger partial charge in [-0.05, 0) is 49.7 Å². The number of rotatable bonds is 8. The highest BCUT2D eigenvalue weighted by Crippen LogP contribution is 2.37. The Hall–Kier alpha value is -3.68. The molecular formula is C24H28N2O6. The molecule has 0 saturated carbocycles. The van der Waals surface area contributed by atoms with Crippen molar-refractivity contribution in [3.8, 4) is 17.2 Å². The SMILES string of the molecule is CCOC(=O)C1=C(COc2cccc(C)c2)N(C)C(=O)N[C@@H]1c1cc(OC)ccc1OC. The first-order chi connectivity index (χ1) is 15.4. The van der Waals surface area contributed by atoms with Crippen LogP contribution in [0.15, 0.2) is 53.7 Å². The van der Waals surface area contributed by atoms with Gasteiger partial charge in [0.15, 0.2) is 0 Å². The molecule has 0 bridgehead atoms. The molecule has 1 N–H and O–H groups in total. The molecule has 2 aromatic carbocycles. The summed E-state index contributed by atoms with van der Waals surface area (Å²) in [7, 11) is 4.65. The molecule has 0 saturated heterocycles. The Labute approximate surface area is 187 Å². The van der Waals surface area contributed by atoms with Crippen LogP contribution in [0.25, 0.3) is 0 Å². The highest BCUT2D eigenvalue weighted by atomic mass is 16.5. The van der Waals surface area contributed by atoms with E-state index in [-0.39, 0.29) is 24.8 Å². The Balaban J connectivity index is 2.11. The number of carbonyl (C=O) groups excluding carboxylic acids is 2. The lowest BCUT2D eigenvalue weighted by molar-refractivity contribution is -0.139. The van der Waals surface area contributed by atoms with Gasteiger partial charge in [-0.25, -0.2) is 9.59 Å². The maximum absolute atomic E-state index is 13.1. The maximum Gasteiger partial charge on any atom is 0.338 e. The van der Waals surface area contributed by atoms with Crippen LogP contribution in [0.1, 0.15) is 24.1 Å². The second kappa shape index (κ2) is 10.1. The zero-order valence-corrected chi connectivity index (χ0v) is 18.9. The molecule has 1 aliphatic rings. The second-order valence-electron chi connectivity index (χ2n) is 7.24. The number of ether oxygens (including phenoxy) is 4. The van der Waals surface area contributed by atoms with E-state index in [1.54, 1.807) is 39.3 Å². The van der Waals surface area contributed by atoms with E-state index in [4.69, 9.17) is 18.9 Å². The molecule has 0 aromatic heterocycles. The van der Waals surface area contributed by atoms with Crippen LogP contribution in [-0.2, 0) is 9.53 Å². The van der Waals surface area contributed by atoms with Gasteiger partial charge in [0.1, 0.15) is 23.9 Å². The lowest BCUT2D eigenvalue weighted by Crippen LogP contribution is -2.48. The molecule has 2 amide bonds. The number of hydrogen-bond acceptors (Lipinski definition) is 6. The standard InChI is InChI=1S/C24H28N2O6/c1-6-31-23(27)21-19(14-32-17-9-7-8-15(2)12-17)26(3)24(28)25-22(21)18-13-16(29-4)10-11-20(18)30-5/h7-13,22H,6,14H2,1-5H3,(H,25,28)/t22-/m1/s1. The molecule has 32 heavy (non-hydrogen) atoms. The first-order valence-corrected chi connectivity index (χ1v) is 10.2. The zero-order chi connectivity index (χ0) is 23.3. The molecule has 1 aliphatic heterocycles. The van der Waals surface area contributed by atoms with Gasteiger partial charge in [-0.1, -0.05) is 12.1 Å². The minimum Gasteiger partial charge on any atom is -0.497 e. The average Bonchev–Trinajstić information content (AvgIpc) is 2.79. The van der Waals surface area contributed by atoms with Gasteiger partial charge in [0.2, 0.25) is 0 Å². The van der Waals surface area contributed by atoms with Crippen molar-refractivity contribution in [2.45, 2.75) is 19.9 Å². The smallest absolute Gasteiger partial charge is 0.338 e. The van der Waals surface area contributed by atoms with E-state index >= 15 is 0 Å². The summed E-state index contributed by atoms with van der Waals surface area (Å²) in [5.41, 5.74) is 2.29. The van der Waals surface area contributed by atoms with E-state index in [0.29, 0.717) is 28.5 Å². The maximum atomic E-state index is 13.1. The van der Waals surface area contributed by atoms with Gasteiger partial charge in [0.05, 0.1) is 38.1 Å². The van der Waals surface area contributed by atoms with E-state index in [1.807, 2.05) is 31.2 Å². The van der Waals surface area contributed by atoms with Crippen LogP contribution in [-0.4, -0.2) is 51.4 Å². The summed E-state index contributed by atoms with van der Waals surface area (Å²) < 4.78 is 22.1. The second-order valence-corrected chi connectivity index (χ2v) is 7.24. The number of nitrogens with zero attached hydrogens (tertiary/aromatic N) is 1. The predicted molar refractivity (Wildman–Crippen MR) is 119 cm³/mol. The molecule has 0 fully saturated rings. The Morgan fingerprint density at radius 2 is 1.88 bits per heavy atom. The zero-order valence-electron chi connectivity index (χ0n) is 18.9. The third-order valence-electron chi connectivity index (χ3n) is 5.19. The van der Waals surface area contributed by atoms with Crippen molar-refractivity contribution >= 4 is 12.0 Å². The Morgan fingerprint density at radius 1 is 1.09 bits per heavy atom. The summed E-state index contributed by atoms with van der Waals surface area (Å²) in [5.74, 6) is 1.16. The van der Waals surface area contributed by atoms with E-state index in [0.717, 1.165) is 5.56 Å². The Bertz CT molecular complexity index is 1030. The molecule has 0 unspecified atom stereocenters. The molecule has 2 aromatic rings. The number of aryl methyl sites for hydroxylation is 1. The van der Waals surface area contributed by atoms with E-state index < -0.39 is 12.0 Å². The molecule has 170 valence electrons. The number of nitrogens with one attached hydrogen (secondary N) is 1. The first kappa shape index (κ1) is 23.0. The van der Waals surface area contributed by atoms with Gasteiger partial charge in [-0.15, -0.1) is 0 Å². The van der Waals surface area contributed by atoms with E-state index in [1.165, 1.54) is 12.0 Å². The highest BCUT2D eigenvalue weighted by molar-refractivity contribution is 5.95. The van der Waals surface area contributed by atoms with Crippen molar-refractivity contribution in [3.63, 3.8) is 0 Å². The van der Waals surface area contributed by atoms with Gasteiger partial charge >= 0.3 is 12.0 Å². The number of likely N-dealkylation sites (N-methyl/N-ethyl adjacent to an activating group) is 1. The van der Waals surface area contributed by atoms with Crippen LogP contribution in [0.5, 0.6) is 17.2 Å². The molecule has 0 radical (unpaired) electrons. The summed E-state index contributed by atoms with van der Waals surface area (Å²) in [6.07, 6.45) is 0. The lowest BCUT2D eigenvalue weighted by Gasteiger charge is -2.35. The molecule has 3 rings (SSSR count). The van der Waals surface area contributed by atoms with Gasteiger partial charge in [0.25, 0.3) is 0 Å². The summed E-state index contributed by atoms with van der Waals surface area (Å²) in [5, 5.41) is 2.87. The summed E-state index contributed by atoms with van der Waals surface area (Å²) in [6, 6.07) is 11.6. The van der Waals surface area contributed by atoms with Crippen molar-refractivity contribution in [1.82, 2.24) is 10.2 Å². The van der Waals surface area contributed by atoms with Crippen molar-refractivity contribution in [1.29, 1.82) is 0 Å². The summed E-state index contributed by atoms with van der Waals surface area (Å²) in [4.78, 5) is 27.3. The van der Waals surface area contributed by atoms with Gasteiger partial charge in [-0.3, -0.25) is 4.90 Å². The lowest BCUT2D eigenvalue weighted by atomic mass is 9.93. The van der Waals surface area contributed by atoms with Crippen LogP contribution < -0.4 is 19.5 Å². The normalized spacial score (nSPS) is 15.8. The van der Waals surface area contributed by atoms with E-state index in [9.17, 15) is 9.59 Å². The minimum atomic E-state index is -0.807. The number of esters is 1.